The van der Waals surface area contributed by atoms with Crippen LogP contribution in [0.4, 0.5) is 0 Å². The van der Waals surface area contributed by atoms with Crippen LogP contribution in [0.5, 0.6) is 0 Å². The summed E-state index contributed by atoms with van der Waals surface area (Å²) in [7, 11) is 0. The molecule has 0 bridgehead atoms. The first-order chi connectivity index (χ1) is 13.8. The lowest BCUT2D eigenvalue weighted by Crippen LogP contribution is -1.93. The quantitative estimate of drug-likeness (QED) is 0.355. The summed E-state index contributed by atoms with van der Waals surface area (Å²) in [6.07, 6.45) is 10.7. The van der Waals surface area contributed by atoms with Gasteiger partial charge in [0.1, 0.15) is 5.82 Å². The summed E-state index contributed by atoms with van der Waals surface area (Å²) in [6, 6.07) is 19.7. The van der Waals surface area contributed by atoms with Crippen molar-refractivity contribution in [2.45, 2.75) is 71.6 Å². The predicted octanol–water partition coefficient (Wildman–Crippen LogP) is 7.13. The number of aromatic nitrogens is 2. The fourth-order valence-corrected chi connectivity index (χ4v) is 3.69. The van der Waals surface area contributed by atoms with Crippen LogP contribution in [0.2, 0.25) is 0 Å². The molecular formula is C26H34N2. The van der Waals surface area contributed by atoms with Crippen LogP contribution in [0, 0.1) is 0 Å². The molecule has 0 radical (unpaired) electrons. The Morgan fingerprint density at radius 1 is 0.714 bits per heavy atom. The van der Waals surface area contributed by atoms with Crippen molar-refractivity contribution < 1.29 is 0 Å². The van der Waals surface area contributed by atoms with E-state index in [9.17, 15) is 0 Å². The maximum atomic E-state index is 4.99. The molecule has 0 saturated heterocycles. The van der Waals surface area contributed by atoms with Gasteiger partial charge in [-0.2, -0.15) is 0 Å². The molecule has 3 rings (SSSR count). The molecule has 0 spiro atoms. The molecule has 0 aliphatic rings. The first-order valence-electron chi connectivity index (χ1n) is 11.0. The van der Waals surface area contributed by atoms with Crippen molar-refractivity contribution in [1.29, 1.82) is 0 Å². The third-order valence-electron chi connectivity index (χ3n) is 5.37. The SMILES string of the molecule is CCCCCCc1[nH]c(Cc2ccc(CCCC)cc2)nc1-c1ccccc1. The minimum Gasteiger partial charge on any atom is -0.345 e. The number of unbranched alkanes of at least 4 members (excludes halogenated alkanes) is 4. The Labute approximate surface area is 170 Å². The summed E-state index contributed by atoms with van der Waals surface area (Å²) in [5.41, 5.74) is 6.40. The van der Waals surface area contributed by atoms with Crippen LogP contribution in [0.25, 0.3) is 11.3 Å². The molecule has 2 nitrogen and oxygen atoms in total. The van der Waals surface area contributed by atoms with Gasteiger partial charge in [-0.3, -0.25) is 0 Å². The van der Waals surface area contributed by atoms with Gasteiger partial charge in [-0.1, -0.05) is 94.1 Å². The van der Waals surface area contributed by atoms with Gasteiger partial charge in [0.2, 0.25) is 0 Å². The van der Waals surface area contributed by atoms with E-state index < -0.39 is 0 Å². The normalized spacial score (nSPS) is 11.1. The zero-order chi connectivity index (χ0) is 19.6. The van der Waals surface area contributed by atoms with Crippen LogP contribution in [-0.4, -0.2) is 9.97 Å². The van der Waals surface area contributed by atoms with Gasteiger partial charge >= 0.3 is 0 Å². The smallest absolute Gasteiger partial charge is 0.111 e. The summed E-state index contributed by atoms with van der Waals surface area (Å²) in [6.45, 7) is 4.51. The molecule has 1 N–H and O–H groups in total. The minimum absolute atomic E-state index is 0.864. The number of aryl methyl sites for hydroxylation is 2. The monoisotopic (exact) mass is 374 g/mol. The molecule has 0 aliphatic carbocycles. The number of nitrogens with zero attached hydrogens (tertiary/aromatic N) is 1. The van der Waals surface area contributed by atoms with Crippen LogP contribution in [0.15, 0.2) is 54.6 Å². The first-order valence-corrected chi connectivity index (χ1v) is 11.0. The molecule has 28 heavy (non-hydrogen) atoms. The van der Waals surface area contributed by atoms with Gasteiger partial charge in [-0.25, -0.2) is 4.98 Å². The van der Waals surface area contributed by atoms with E-state index in [1.807, 2.05) is 0 Å². The van der Waals surface area contributed by atoms with Gasteiger partial charge in [0, 0.05) is 17.7 Å². The number of hydrogen-bond acceptors (Lipinski definition) is 1. The van der Waals surface area contributed by atoms with Crippen LogP contribution >= 0.6 is 0 Å². The molecule has 0 atom stereocenters. The largest absolute Gasteiger partial charge is 0.345 e. The van der Waals surface area contributed by atoms with Crippen molar-refractivity contribution in [2.75, 3.05) is 0 Å². The zero-order valence-electron chi connectivity index (χ0n) is 17.5. The Hall–Kier alpha value is -2.35. The van der Waals surface area contributed by atoms with E-state index in [-0.39, 0.29) is 0 Å². The van der Waals surface area contributed by atoms with Gasteiger partial charge in [-0.05, 0) is 36.8 Å². The molecular weight excluding hydrogens is 340 g/mol. The maximum absolute atomic E-state index is 4.99. The Morgan fingerprint density at radius 2 is 1.43 bits per heavy atom. The fourth-order valence-electron chi connectivity index (χ4n) is 3.69. The summed E-state index contributed by atoms with van der Waals surface area (Å²) in [5, 5.41) is 0. The standard InChI is InChI=1S/C26H34N2/c1-3-5-7-11-15-24-26(23-13-9-8-10-14-23)28-25(27-24)20-22-18-16-21(17-19-22)12-6-4-2/h8-10,13-14,16-19H,3-7,11-12,15,20H2,1-2H3,(H,27,28). The number of rotatable bonds is 11. The minimum atomic E-state index is 0.864. The van der Waals surface area contributed by atoms with Crippen molar-refractivity contribution in [3.8, 4) is 11.3 Å². The van der Waals surface area contributed by atoms with Gasteiger partial charge in [0.15, 0.2) is 0 Å². The van der Waals surface area contributed by atoms with Gasteiger partial charge in [0.25, 0.3) is 0 Å². The highest BCUT2D eigenvalue weighted by molar-refractivity contribution is 5.62. The highest BCUT2D eigenvalue weighted by atomic mass is 14.9. The molecule has 148 valence electrons. The van der Waals surface area contributed by atoms with Crippen molar-refractivity contribution in [3.63, 3.8) is 0 Å². The van der Waals surface area contributed by atoms with Crippen LogP contribution in [0.3, 0.4) is 0 Å². The average molecular weight is 375 g/mol. The highest BCUT2D eigenvalue weighted by Gasteiger charge is 2.12. The lowest BCUT2D eigenvalue weighted by atomic mass is 10.0. The molecule has 0 aliphatic heterocycles. The molecule has 0 amide bonds. The third-order valence-corrected chi connectivity index (χ3v) is 5.37. The molecule has 2 heteroatoms. The maximum Gasteiger partial charge on any atom is 0.111 e. The van der Waals surface area contributed by atoms with Crippen molar-refractivity contribution in [1.82, 2.24) is 9.97 Å². The second-order valence-corrected chi connectivity index (χ2v) is 7.78. The molecule has 0 saturated carbocycles. The fraction of sp³-hybridized carbons (Fsp3) is 0.423. The van der Waals surface area contributed by atoms with Crippen molar-refractivity contribution >= 4 is 0 Å². The molecule has 1 heterocycles. The average Bonchev–Trinajstić information content (AvgIpc) is 3.14. The predicted molar refractivity (Wildman–Crippen MR) is 120 cm³/mol. The highest BCUT2D eigenvalue weighted by Crippen LogP contribution is 2.24. The second-order valence-electron chi connectivity index (χ2n) is 7.78. The van der Waals surface area contributed by atoms with E-state index in [0.717, 1.165) is 24.4 Å². The van der Waals surface area contributed by atoms with Crippen molar-refractivity contribution in [3.05, 3.63) is 77.2 Å². The third kappa shape index (κ3) is 5.82. The molecule has 0 unspecified atom stereocenters. The second kappa shape index (κ2) is 10.8. The number of benzene rings is 2. The Morgan fingerprint density at radius 3 is 2.14 bits per heavy atom. The number of imidazole rings is 1. The number of hydrogen-bond donors (Lipinski definition) is 1. The van der Waals surface area contributed by atoms with Crippen LogP contribution < -0.4 is 0 Å². The van der Waals surface area contributed by atoms with E-state index in [1.165, 1.54) is 67.3 Å². The molecule has 0 fully saturated rings. The number of nitrogens with one attached hydrogen (secondary N) is 1. The summed E-state index contributed by atoms with van der Waals surface area (Å²) < 4.78 is 0. The topological polar surface area (TPSA) is 28.7 Å². The Bertz CT molecular complexity index is 815. The van der Waals surface area contributed by atoms with E-state index in [4.69, 9.17) is 4.98 Å². The zero-order valence-corrected chi connectivity index (χ0v) is 17.5. The summed E-state index contributed by atoms with van der Waals surface area (Å²) >= 11 is 0. The number of aromatic amines is 1. The van der Waals surface area contributed by atoms with Gasteiger partial charge < -0.3 is 4.98 Å². The van der Waals surface area contributed by atoms with E-state index in [2.05, 4.69) is 73.4 Å². The Balaban J connectivity index is 1.74. The van der Waals surface area contributed by atoms with Crippen LogP contribution in [0.1, 0.15) is 75.0 Å². The molecule has 2 aromatic carbocycles. The molecule has 3 aromatic rings. The van der Waals surface area contributed by atoms with Crippen LogP contribution in [-0.2, 0) is 19.3 Å². The number of H-pyrrole nitrogens is 1. The van der Waals surface area contributed by atoms with E-state index in [1.54, 1.807) is 0 Å². The van der Waals surface area contributed by atoms with E-state index >= 15 is 0 Å². The molecule has 1 aromatic heterocycles. The first kappa shape index (κ1) is 20.4. The summed E-state index contributed by atoms with van der Waals surface area (Å²) in [5.74, 6) is 1.07. The van der Waals surface area contributed by atoms with Crippen molar-refractivity contribution in [2.24, 2.45) is 0 Å². The summed E-state index contributed by atoms with van der Waals surface area (Å²) in [4.78, 5) is 8.63. The van der Waals surface area contributed by atoms with Gasteiger partial charge in [-0.15, -0.1) is 0 Å². The lowest BCUT2D eigenvalue weighted by molar-refractivity contribution is 0.662. The Kier molecular flexibility index (Phi) is 7.90. The van der Waals surface area contributed by atoms with E-state index in [0.29, 0.717) is 0 Å². The van der Waals surface area contributed by atoms with Gasteiger partial charge in [0.05, 0.1) is 5.69 Å². The lowest BCUT2D eigenvalue weighted by Gasteiger charge is -2.03.